The topological polar surface area (TPSA) is 68.0 Å². The van der Waals surface area contributed by atoms with Gasteiger partial charge in [-0.05, 0) is 34.2 Å². The summed E-state index contributed by atoms with van der Waals surface area (Å²) in [5, 5.41) is 16.9. The maximum atomic E-state index is 11.3. The molecular formula is C19H19N3O2. The van der Waals surface area contributed by atoms with E-state index in [9.17, 15) is 9.90 Å². The summed E-state index contributed by atoms with van der Waals surface area (Å²) < 4.78 is 1.35. The summed E-state index contributed by atoms with van der Waals surface area (Å²) >= 11 is 0. The summed E-state index contributed by atoms with van der Waals surface area (Å²) in [7, 11) is 0. The molecule has 1 aromatic heterocycles. The van der Waals surface area contributed by atoms with E-state index >= 15 is 0 Å². The maximum absolute atomic E-state index is 11.3. The molecule has 5 nitrogen and oxygen atoms in total. The number of aromatic nitrogens is 3. The number of carboxylic acid groups (broad SMARTS) is 1. The second-order valence-corrected chi connectivity index (χ2v) is 6.68. The lowest BCUT2D eigenvalue weighted by Gasteiger charge is -2.24. The number of hydrogen-bond acceptors (Lipinski definition) is 3. The predicted molar refractivity (Wildman–Crippen MR) is 92.5 cm³/mol. The van der Waals surface area contributed by atoms with E-state index in [-0.39, 0.29) is 11.1 Å². The highest BCUT2D eigenvalue weighted by atomic mass is 16.4. The van der Waals surface area contributed by atoms with Crippen LogP contribution in [-0.2, 0) is 5.41 Å². The number of benzene rings is 2. The minimum Gasteiger partial charge on any atom is -0.476 e. The van der Waals surface area contributed by atoms with Crippen LogP contribution in [-0.4, -0.2) is 26.1 Å². The molecule has 0 saturated heterocycles. The number of rotatable bonds is 3. The van der Waals surface area contributed by atoms with Crippen molar-refractivity contribution in [3.63, 3.8) is 0 Å². The van der Waals surface area contributed by atoms with E-state index < -0.39 is 5.97 Å². The molecule has 5 heteroatoms. The van der Waals surface area contributed by atoms with Crippen molar-refractivity contribution in [2.24, 2.45) is 0 Å². The fraction of sp³-hybridized carbons (Fsp3) is 0.211. The van der Waals surface area contributed by atoms with Gasteiger partial charge in [-0.3, -0.25) is 0 Å². The van der Waals surface area contributed by atoms with Gasteiger partial charge in [0.05, 0.1) is 11.9 Å². The van der Waals surface area contributed by atoms with Gasteiger partial charge in [-0.2, -0.15) is 0 Å². The van der Waals surface area contributed by atoms with Crippen LogP contribution >= 0.6 is 0 Å². The Hall–Kier alpha value is -2.95. The lowest BCUT2D eigenvalue weighted by molar-refractivity contribution is 0.0687. The quantitative estimate of drug-likeness (QED) is 0.793. The van der Waals surface area contributed by atoms with Gasteiger partial charge >= 0.3 is 5.97 Å². The van der Waals surface area contributed by atoms with Crippen molar-refractivity contribution < 1.29 is 9.90 Å². The van der Waals surface area contributed by atoms with Crippen molar-refractivity contribution in [3.8, 4) is 16.8 Å². The molecule has 3 rings (SSSR count). The van der Waals surface area contributed by atoms with E-state index in [2.05, 4.69) is 43.2 Å². The Bertz CT molecular complexity index is 877. The summed E-state index contributed by atoms with van der Waals surface area (Å²) in [4.78, 5) is 11.3. The van der Waals surface area contributed by atoms with Gasteiger partial charge < -0.3 is 5.11 Å². The molecule has 24 heavy (non-hydrogen) atoms. The summed E-state index contributed by atoms with van der Waals surface area (Å²) in [6.45, 7) is 6.41. The van der Waals surface area contributed by atoms with Gasteiger partial charge in [0, 0.05) is 0 Å². The van der Waals surface area contributed by atoms with Gasteiger partial charge in [-0.15, -0.1) is 5.10 Å². The Morgan fingerprint density at radius 1 is 1.08 bits per heavy atom. The molecule has 0 amide bonds. The van der Waals surface area contributed by atoms with Crippen molar-refractivity contribution >= 4 is 5.97 Å². The third-order valence-electron chi connectivity index (χ3n) is 3.91. The molecule has 0 aliphatic rings. The second kappa shape index (κ2) is 5.92. The summed E-state index contributed by atoms with van der Waals surface area (Å²) in [6, 6.07) is 16.0. The third-order valence-corrected chi connectivity index (χ3v) is 3.91. The number of nitrogens with zero attached hydrogens (tertiary/aromatic N) is 3. The van der Waals surface area contributed by atoms with Crippen LogP contribution in [0.4, 0.5) is 0 Å². The molecule has 2 aromatic carbocycles. The van der Waals surface area contributed by atoms with Gasteiger partial charge in [-0.25, -0.2) is 9.48 Å². The van der Waals surface area contributed by atoms with E-state index in [0.29, 0.717) is 5.69 Å². The van der Waals surface area contributed by atoms with Gasteiger partial charge in [0.25, 0.3) is 0 Å². The first-order valence-corrected chi connectivity index (χ1v) is 7.72. The van der Waals surface area contributed by atoms with Crippen molar-refractivity contribution in [2.45, 2.75) is 26.2 Å². The molecular weight excluding hydrogens is 302 g/mol. The number of carbonyl (C=O) groups is 1. The normalized spacial score (nSPS) is 11.5. The van der Waals surface area contributed by atoms with Crippen LogP contribution in [0.2, 0.25) is 0 Å². The summed E-state index contributed by atoms with van der Waals surface area (Å²) in [6.07, 6.45) is 1.25. The molecule has 0 radical (unpaired) electrons. The fourth-order valence-corrected chi connectivity index (χ4v) is 2.73. The molecule has 0 spiro atoms. The zero-order valence-corrected chi connectivity index (χ0v) is 13.9. The van der Waals surface area contributed by atoms with Crippen molar-refractivity contribution in [3.05, 3.63) is 66.0 Å². The van der Waals surface area contributed by atoms with Crippen LogP contribution in [0, 0.1) is 0 Å². The minimum atomic E-state index is -1.05. The minimum absolute atomic E-state index is 0.0438. The van der Waals surface area contributed by atoms with Crippen LogP contribution < -0.4 is 0 Å². The summed E-state index contributed by atoms with van der Waals surface area (Å²) in [5.41, 5.74) is 4.01. The molecule has 0 atom stereocenters. The van der Waals surface area contributed by atoms with E-state index in [4.69, 9.17) is 0 Å². The maximum Gasteiger partial charge on any atom is 0.356 e. The molecule has 3 aromatic rings. The molecule has 0 fully saturated rings. The fourth-order valence-electron chi connectivity index (χ4n) is 2.73. The van der Waals surface area contributed by atoms with Gasteiger partial charge in [-0.1, -0.05) is 62.4 Å². The zero-order valence-electron chi connectivity index (χ0n) is 13.9. The first-order chi connectivity index (χ1) is 11.4. The predicted octanol–water partition coefficient (Wildman–Crippen LogP) is 3.93. The first kappa shape index (κ1) is 15.9. The average molecular weight is 321 g/mol. The highest BCUT2D eigenvalue weighted by Gasteiger charge is 2.21. The Balaban J connectivity index is 2.19. The molecule has 0 aliphatic heterocycles. The molecule has 1 N–H and O–H groups in total. The van der Waals surface area contributed by atoms with Crippen LogP contribution in [0.1, 0.15) is 36.8 Å². The first-order valence-electron chi connectivity index (χ1n) is 7.72. The van der Waals surface area contributed by atoms with Crippen LogP contribution in [0.3, 0.4) is 0 Å². The second-order valence-electron chi connectivity index (χ2n) is 6.68. The highest BCUT2D eigenvalue weighted by molar-refractivity contribution is 5.86. The molecule has 0 unspecified atom stereocenters. The van der Waals surface area contributed by atoms with E-state index in [1.54, 1.807) is 0 Å². The van der Waals surface area contributed by atoms with Gasteiger partial charge in [0.1, 0.15) is 0 Å². The Morgan fingerprint density at radius 3 is 2.42 bits per heavy atom. The van der Waals surface area contributed by atoms with Crippen LogP contribution in [0.5, 0.6) is 0 Å². The van der Waals surface area contributed by atoms with E-state index in [0.717, 1.165) is 16.7 Å². The molecule has 122 valence electrons. The van der Waals surface area contributed by atoms with E-state index in [1.807, 2.05) is 36.4 Å². The van der Waals surface area contributed by atoms with E-state index in [1.165, 1.54) is 10.9 Å². The van der Waals surface area contributed by atoms with Crippen molar-refractivity contribution in [1.82, 2.24) is 15.0 Å². The van der Waals surface area contributed by atoms with Crippen LogP contribution in [0.25, 0.3) is 16.8 Å². The van der Waals surface area contributed by atoms with Gasteiger partial charge in [0.15, 0.2) is 5.69 Å². The Morgan fingerprint density at radius 2 is 1.79 bits per heavy atom. The third kappa shape index (κ3) is 2.93. The molecule has 1 heterocycles. The smallest absolute Gasteiger partial charge is 0.356 e. The Kier molecular flexibility index (Phi) is 3.93. The number of carboxylic acids is 1. The zero-order chi connectivity index (χ0) is 17.3. The molecule has 0 aliphatic carbocycles. The lowest BCUT2D eigenvalue weighted by atomic mass is 9.81. The molecule has 0 bridgehead atoms. The number of aromatic carboxylic acids is 1. The molecule has 0 saturated carbocycles. The summed E-state index contributed by atoms with van der Waals surface area (Å²) in [5.74, 6) is -1.05. The monoisotopic (exact) mass is 321 g/mol. The standard InChI is InChI=1S/C19H19N3O2/c1-19(2,3)16-11-14(22-17(18(23)24)12-20-21-22)9-10-15(16)13-7-5-4-6-8-13/h4-12H,1-3H3,(H,23,24). The largest absolute Gasteiger partial charge is 0.476 e. The van der Waals surface area contributed by atoms with Crippen molar-refractivity contribution in [2.75, 3.05) is 0 Å². The van der Waals surface area contributed by atoms with Crippen molar-refractivity contribution in [1.29, 1.82) is 0 Å². The lowest BCUT2D eigenvalue weighted by Crippen LogP contribution is -2.15. The van der Waals surface area contributed by atoms with Gasteiger partial charge in [0.2, 0.25) is 0 Å². The Labute approximate surface area is 140 Å². The average Bonchev–Trinajstić information content (AvgIpc) is 3.04. The van der Waals surface area contributed by atoms with Crippen LogP contribution in [0.15, 0.2) is 54.7 Å². The number of hydrogen-bond donors (Lipinski definition) is 1. The SMILES string of the molecule is CC(C)(C)c1cc(-n2nncc2C(=O)O)ccc1-c1ccccc1. The highest BCUT2D eigenvalue weighted by Crippen LogP contribution is 2.34.